The predicted octanol–water partition coefficient (Wildman–Crippen LogP) is 4.69. The lowest BCUT2D eigenvalue weighted by molar-refractivity contribution is -0.126. The molecule has 2 fully saturated rings. The summed E-state index contributed by atoms with van der Waals surface area (Å²) in [6.07, 6.45) is 7.90. The minimum absolute atomic E-state index is 0.0184. The average molecular weight is 509 g/mol. The van der Waals surface area contributed by atoms with E-state index in [0.717, 1.165) is 65.1 Å². The molecule has 2 aromatic heterocycles. The number of nitrogens with one attached hydrogen (secondary N) is 3. The first-order chi connectivity index (χ1) is 17.5. The van der Waals surface area contributed by atoms with Crippen molar-refractivity contribution in [3.8, 4) is 0 Å². The average Bonchev–Trinajstić information content (AvgIpc) is 2.88. The van der Waals surface area contributed by atoms with E-state index < -0.39 is 0 Å². The number of nitrogens with zero attached hydrogens (tertiary/aromatic N) is 3. The summed E-state index contributed by atoms with van der Waals surface area (Å²) < 4.78 is 5.11. The Balaban J connectivity index is 1.07. The van der Waals surface area contributed by atoms with E-state index >= 15 is 0 Å². The van der Waals surface area contributed by atoms with Crippen LogP contribution in [0.2, 0.25) is 5.02 Å². The molecule has 1 saturated carbocycles. The Morgan fingerprint density at radius 1 is 1.08 bits per heavy atom. The highest BCUT2D eigenvalue weighted by molar-refractivity contribution is 6.35. The van der Waals surface area contributed by atoms with Crippen LogP contribution in [0.15, 0.2) is 36.7 Å². The predicted molar refractivity (Wildman–Crippen MR) is 143 cm³/mol. The van der Waals surface area contributed by atoms with Crippen LogP contribution in [0.5, 0.6) is 0 Å². The minimum atomic E-state index is -0.292. The molecule has 9 heteroatoms. The third-order valence-corrected chi connectivity index (χ3v) is 7.77. The fourth-order valence-corrected chi connectivity index (χ4v) is 4.95. The van der Waals surface area contributed by atoms with Gasteiger partial charge in [-0.1, -0.05) is 23.7 Å². The molecule has 1 aromatic carbocycles. The van der Waals surface area contributed by atoms with Gasteiger partial charge in [-0.25, -0.2) is 15.0 Å². The van der Waals surface area contributed by atoms with Crippen LogP contribution in [-0.2, 0) is 9.53 Å². The number of ether oxygens (including phenoxy) is 1. The molecule has 190 valence electrons. The van der Waals surface area contributed by atoms with E-state index in [4.69, 9.17) is 21.3 Å². The highest BCUT2D eigenvalue weighted by Crippen LogP contribution is 2.29. The van der Waals surface area contributed by atoms with Gasteiger partial charge in [0.2, 0.25) is 11.9 Å². The first kappa shape index (κ1) is 24.7. The van der Waals surface area contributed by atoms with Crippen LogP contribution in [0.4, 0.5) is 11.8 Å². The Morgan fingerprint density at radius 3 is 2.50 bits per heavy atom. The minimum Gasteiger partial charge on any atom is -0.377 e. The molecule has 1 aliphatic heterocycles. The summed E-state index contributed by atoms with van der Waals surface area (Å²) in [7, 11) is 0. The van der Waals surface area contributed by atoms with Gasteiger partial charge in [-0.2, -0.15) is 0 Å². The molecule has 5 rings (SSSR count). The maximum absolute atomic E-state index is 12.3. The van der Waals surface area contributed by atoms with Gasteiger partial charge in [0.05, 0.1) is 35.7 Å². The van der Waals surface area contributed by atoms with Gasteiger partial charge in [0.25, 0.3) is 0 Å². The second-order valence-corrected chi connectivity index (χ2v) is 10.4. The number of halogens is 1. The number of fused-ring (bicyclic) bond motifs is 1. The number of hydrogen-bond acceptors (Lipinski definition) is 7. The molecular formula is C27H33ClN6O2. The van der Waals surface area contributed by atoms with Crippen LogP contribution in [-0.4, -0.2) is 52.7 Å². The number of carbonyl (C=O) groups is 1. The molecule has 3 heterocycles. The standard InChI is InChI=1S/C27H33ClN6O2/c1-16-3-6-19-7-10-23(34-25(19)24(16)28)32-21-8-4-18(5-9-21)11-29-27-30-12-20(13-31-27)17(2)26(35)33-22-14-36-15-22/h3,6-7,10,12-13,17-18,21-22H,4-5,8-9,11,14-15H2,1-2H3,(H,32,34)(H,33,35)(H,29,30,31)/t17-,18?,21?/m0/s1. The first-order valence-electron chi connectivity index (χ1n) is 12.7. The zero-order chi connectivity index (χ0) is 25.1. The lowest BCUT2D eigenvalue weighted by atomic mass is 9.86. The highest BCUT2D eigenvalue weighted by atomic mass is 35.5. The van der Waals surface area contributed by atoms with Gasteiger partial charge in [0.15, 0.2) is 0 Å². The van der Waals surface area contributed by atoms with E-state index in [0.29, 0.717) is 31.1 Å². The topological polar surface area (TPSA) is 101 Å². The molecule has 3 aromatic rings. The van der Waals surface area contributed by atoms with Crippen molar-refractivity contribution in [2.75, 3.05) is 30.4 Å². The van der Waals surface area contributed by atoms with Crippen LogP contribution in [0.1, 0.15) is 49.7 Å². The van der Waals surface area contributed by atoms with Crippen LogP contribution < -0.4 is 16.0 Å². The first-order valence-corrected chi connectivity index (χ1v) is 13.1. The fourth-order valence-electron chi connectivity index (χ4n) is 4.74. The second kappa shape index (κ2) is 11.0. The Labute approximate surface area is 216 Å². The van der Waals surface area contributed by atoms with Crippen molar-refractivity contribution in [2.24, 2.45) is 5.92 Å². The molecule has 0 radical (unpaired) electrons. The summed E-state index contributed by atoms with van der Waals surface area (Å²) in [6, 6.07) is 8.73. The van der Waals surface area contributed by atoms with Gasteiger partial charge in [-0.15, -0.1) is 0 Å². The molecule has 1 amide bonds. The Kier molecular flexibility index (Phi) is 7.53. The number of rotatable bonds is 8. The van der Waals surface area contributed by atoms with Crippen molar-refractivity contribution in [3.63, 3.8) is 0 Å². The maximum Gasteiger partial charge on any atom is 0.227 e. The van der Waals surface area contributed by atoms with E-state index in [9.17, 15) is 4.79 Å². The number of carbonyl (C=O) groups excluding carboxylic acids is 1. The van der Waals surface area contributed by atoms with Gasteiger partial charge in [0, 0.05) is 35.9 Å². The lowest BCUT2D eigenvalue weighted by Crippen LogP contribution is -2.49. The van der Waals surface area contributed by atoms with Gasteiger partial charge >= 0.3 is 0 Å². The summed E-state index contributed by atoms with van der Waals surface area (Å²) in [5.74, 6) is 1.75. The van der Waals surface area contributed by atoms with E-state index in [2.05, 4.69) is 38.1 Å². The van der Waals surface area contributed by atoms with E-state index in [1.165, 1.54) is 0 Å². The number of aromatic nitrogens is 3. The van der Waals surface area contributed by atoms with Crippen LogP contribution in [0.25, 0.3) is 10.9 Å². The van der Waals surface area contributed by atoms with Crippen molar-refractivity contribution in [1.29, 1.82) is 0 Å². The molecule has 1 aliphatic carbocycles. The molecule has 8 nitrogen and oxygen atoms in total. The third-order valence-electron chi connectivity index (χ3n) is 7.29. The van der Waals surface area contributed by atoms with Crippen molar-refractivity contribution in [2.45, 2.75) is 57.5 Å². The van der Waals surface area contributed by atoms with Gasteiger partial charge < -0.3 is 20.7 Å². The molecule has 2 aliphatic rings. The summed E-state index contributed by atoms with van der Waals surface area (Å²) in [5.41, 5.74) is 2.71. The molecular weight excluding hydrogens is 476 g/mol. The number of benzene rings is 1. The summed E-state index contributed by atoms with van der Waals surface area (Å²) in [6.45, 7) is 5.89. The van der Waals surface area contributed by atoms with E-state index in [1.807, 2.05) is 26.0 Å². The number of hydrogen-bond donors (Lipinski definition) is 3. The van der Waals surface area contributed by atoms with Gasteiger partial charge in [-0.3, -0.25) is 4.79 Å². The summed E-state index contributed by atoms with van der Waals surface area (Å²) in [5, 5.41) is 11.7. The number of pyridine rings is 1. The Hall–Kier alpha value is -2.97. The number of anilines is 2. The zero-order valence-corrected chi connectivity index (χ0v) is 21.5. The van der Waals surface area contributed by atoms with E-state index in [1.54, 1.807) is 12.4 Å². The quantitative estimate of drug-likeness (QED) is 0.406. The zero-order valence-electron chi connectivity index (χ0n) is 20.8. The van der Waals surface area contributed by atoms with Gasteiger partial charge in [-0.05, 0) is 63.1 Å². The van der Waals surface area contributed by atoms with Crippen molar-refractivity contribution >= 4 is 40.2 Å². The molecule has 0 spiro atoms. The molecule has 3 N–H and O–H groups in total. The second-order valence-electron chi connectivity index (χ2n) is 10.0. The molecule has 1 atom stereocenters. The molecule has 0 unspecified atom stereocenters. The lowest BCUT2D eigenvalue weighted by Gasteiger charge is -2.29. The molecule has 0 bridgehead atoms. The fraction of sp³-hybridized carbons (Fsp3) is 0.481. The Morgan fingerprint density at radius 2 is 1.81 bits per heavy atom. The monoisotopic (exact) mass is 508 g/mol. The van der Waals surface area contributed by atoms with Crippen molar-refractivity contribution in [3.05, 3.63) is 52.8 Å². The number of amides is 1. The van der Waals surface area contributed by atoms with Crippen molar-refractivity contribution in [1.82, 2.24) is 20.3 Å². The summed E-state index contributed by atoms with van der Waals surface area (Å²) in [4.78, 5) is 26.0. The van der Waals surface area contributed by atoms with Crippen LogP contribution in [0.3, 0.4) is 0 Å². The highest BCUT2D eigenvalue weighted by Gasteiger charge is 2.25. The van der Waals surface area contributed by atoms with Gasteiger partial charge in [0.1, 0.15) is 5.82 Å². The molecule has 36 heavy (non-hydrogen) atoms. The van der Waals surface area contributed by atoms with Crippen LogP contribution >= 0.6 is 11.6 Å². The normalized spacial score (nSPS) is 21.0. The maximum atomic E-state index is 12.3. The number of aryl methyl sites for hydroxylation is 1. The SMILES string of the molecule is Cc1ccc2ccc(NC3CCC(CNc4ncc([C@H](C)C(=O)NC5COC5)cn4)CC3)nc2c1Cl. The Bertz CT molecular complexity index is 1210. The largest absolute Gasteiger partial charge is 0.377 e. The summed E-state index contributed by atoms with van der Waals surface area (Å²) >= 11 is 6.48. The third kappa shape index (κ3) is 5.71. The van der Waals surface area contributed by atoms with E-state index in [-0.39, 0.29) is 17.9 Å². The van der Waals surface area contributed by atoms with Crippen molar-refractivity contribution < 1.29 is 9.53 Å². The smallest absolute Gasteiger partial charge is 0.227 e. The van der Waals surface area contributed by atoms with Crippen LogP contribution in [0, 0.1) is 12.8 Å². The molecule has 1 saturated heterocycles.